The van der Waals surface area contributed by atoms with Crippen LogP contribution < -0.4 is 5.32 Å². The highest BCUT2D eigenvalue weighted by Crippen LogP contribution is 2.11. The van der Waals surface area contributed by atoms with Crippen molar-refractivity contribution in [2.24, 2.45) is 0 Å². The fraction of sp³-hybridized carbons (Fsp3) is 0.400. The number of hydrogen-bond donors (Lipinski definition) is 1. The number of alkyl carbamates (subject to hydrolysis) is 1. The highest BCUT2D eigenvalue weighted by Gasteiger charge is 2.28. The molecule has 1 atom stereocenters. The molecule has 0 aliphatic rings. The quantitative estimate of drug-likeness (QED) is 0.503. The van der Waals surface area contributed by atoms with Crippen LogP contribution in [0.4, 0.5) is 4.79 Å². The number of hydrogen-bond acceptors (Lipinski definition) is 5. The maximum Gasteiger partial charge on any atom is 0.408 e. The van der Waals surface area contributed by atoms with E-state index in [4.69, 9.17) is 9.47 Å². The molecule has 0 aliphatic heterocycles. The van der Waals surface area contributed by atoms with Gasteiger partial charge in [-0.25, -0.2) is 4.79 Å². The first-order chi connectivity index (χ1) is 15.5. The minimum atomic E-state index is -0.795. The smallest absolute Gasteiger partial charge is 0.408 e. The van der Waals surface area contributed by atoms with Crippen LogP contribution in [0.15, 0.2) is 60.7 Å². The third-order valence-corrected chi connectivity index (χ3v) is 4.80. The van der Waals surface area contributed by atoms with Crippen molar-refractivity contribution < 1.29 is 23.9 Å². The zero-order chi connectivity index (χ0) is 23.2. The number of rotatable bonds is 12. The Morgan fingerprint density at radius 2 is 1.53 bits per heavy atom. The molecule has 2 amide bonds. The molecule has 0 spiro atoms. The molecule has 32 heavy (non-hydrogen) atoms. The third-order valence-electron chi connectivity index (χ3n) is 4.80. The number of carbonyl (C=O) groups excluding carboxylic acids is 3. The van der Waals surface area contributed by atoms with Gasteiger partial charge in [0.2, 0.25) is 5.91 Å². The molecule has 7 heteroatoms. The van der Waals surface area contributed by atoms with Gasteiger partial charge in [0.15, 0.2) is 0 Å². The summed E-state index contributed by atoms with van der Waals surface area (Å²) in [5, 5.41) is 2.69. The molecule has 2 aromatic carbocycles. The van der Waals surface area contributed by atoms with E-state index in [-0.39, 0.29) is 32.2 Å². The van der Waals surface area contributed by atoms with E-state index in [0.717, 1.165) is 24.0 Å². The van der Waals surface area contributed by atoms with Crippen LogP contribution in [0, 0.1) is 0 Å². The van der Waals surface area contributed by atoms with Crippen LogP contribution >= 0.6 is 0 Å². The summed E-state index contributed by atoms with van der Waals surface area (Å²) in [6.45, 7) is 4.12. The van der Waals surface area contributed by atoms with Gasteiger partial charge in [0.1, 0.15) is 19.2 Å². The summed E-state index contributed by atoms with van der Waals surface area (Å²) in [6.07, 6.45) is 1.39. The van der Waals surface area contributed by atoms with Crippen molar-refractivity contribution in [1.29, 1.82) is 0 Å². The molecule has 0 aromatic heterocycles. The predicted octanol–water partition coefficient (Wildman–Crippen LogP) is 4.06. The van der Waals surface area contributed by atoms with Crippen molar-refractivity contribution in [3.8, 4) is 0 Å². The van der Waals surface area contributed by atoms with Crippen LogP contribution in [0.2, 0.25) is 0 Å². The lowest BCUT2D eigenvalue weighted by atomic mass is 10.1. The lowest BCUT2D eigenvalue weighted by Crippen LogP contribution is -2.50. The largest absolute Gasteiger partial charge is 0.465 e. The summed E-state index contributed by atoms with van der Waals surface area (Å²) in [4.78, 5) is 39.3. The molecular weight excluding hydrogens is 408 g/mol. The van der Waals surface area contributed by atoms with Crippen molar-refractivity contribution in [3.05, 3.63) is 71.8 Å². The first kappa shape index (κ1) is 24.9. The van der Waals surface area contributed by atoms with Crippen molar-refractivity contribution >= 4 is 18.0 Å². The molecule has 0 aliphatic carbocycles. The van der Waals surface area contributed by atoms with Gasteiger partial charge in [-0.1, -0.05) is 80.4 Å². The number of amides is 2. The van der Waals surface area contributed by atoms with Gasteiger partial charge in [-0.3, -0.25) is 9.59 Å². The average molecular weight is 441 g/mol. The molecule has 0 unspecified atom stereocenters. The standard InChI is InChI=1S/C25H32N2O5/c1-3-5-16-22(26-25(30)32-19-21-14-10-7-11-15-21)24(29)27(18-23(28)31-4-2)17-20-12-8-6-9-13-20/h6-15,22H,3-5,16-19H2,1-2H3,(H,26,30)/t22-/m0/s1. The summed E-state index contributed by atoms with van der Waals surface area (Å²) < 4.78 is 10.3. The molecule has 1 N–H and O–H groups in total. The van der Waals surface area contributed by atoms with E-state index in [0.29, 0.717) is 6.42 Å². The predicted molar refractivity (Wildman–Crippen MR) is 122 cm³/mol. The van der Waals surface area contributed by atoms with Crippen LogP contribution in [0.1, 0.15) is 44.2 Å². The average Bonchev–Trinajstić information content (AvgIpc) is 2.81. The molecule has 0 radical (unpaired) electrons. The zero-order valence-corrected chi connectivity index (χ0v) is 18.8. The van der Waals surface area contributed by atoms with Crippen LogP contribution in [-0.4, -0.2) is 42.1 Å². The second-order valence-corrected chi connectivity index (χ2v) is 7.39. The van der Waals surface area contributed by atoms with Crippen molar-refractivity contribution in [1.82, 2.24) is 10.2 Å². The third kappa shape index (κ3) is 8.79. The van der Waals surface area contributed by atoms with E-state index in [9.17, 15) is 14.4 Å². The second-order valence-electron chi connectivity index (χ2n) is 7.39. The second kappa shape index (κ2) is 13.9. The fourth-order valence-electron chi connectivity index (χ4n) is 3.17. The SMILES string of the molecule is CCCC[C@H](NC(=O)OCc1ccccc1)C(=O)N(CC(=O)OCC)Cc1ccccc1. The summed E-state index contributed by atoms with van der Waals surface area (Å²) in [5.41, 5.74) is 1.73. The molecule has 0 saturated heterocycles. The molecule has 2 aromatic rings. The van der Waals surface area contributed by atoms with Crippen LogP contribution in [-0.2, 0) is 32.2 Å². The number of nitrogens with one attached hydrogen (secondary N) is 1. The summed E-state index contributed by atoms with van der Waals surface area (Å²) in [5.74, 6) is -0.829. The van der Waals surface area contributed by atoms with Gasteiger partial charge in [-0.15, -0.1) is 0 Å². The zero-order valence-electron chi connectivity index (χ0n) is 18.8. The number of unbranched alkanes of at least 4 members (excludes halogenated alkanes) is 1. The van der Waals surface area contributed by atoms with Crippen molar-refractivity contribution in [2.75, 3.05) is 13.2 Å². The Morgan fingerprint density at radius 1 is 0.906 bits per heavy atom. The topological polar surface area (TPSA) is 84.9 Å². The van der Waals surface area contributed by atoms with Gasteiger partial charge in [0.25, 0.3) is 0 Å². The first-order valence-electron chi connectivity index (χ1n) is 11.0. The highest BCUT2D eigenvalue weighted by molar-refractivity contribution is 5.88. The van der Waals surface area contributed by atoms with E-state index in [1.165, 1.54) is 4.90 Å². The van der Waals surface area contributed by atoms with Crippen LogP contribution in [0.25, 0.3) is 0 Å². The summed E-state index contributed by atoms with van der Waals surface area (Å²) in [7, 11) is 0. The Labute approximate surface area is 189 Å². The maximum atomic E-state index is 13.4. The van der Waals surface area contributed by atoms with Gasteiger partial charge in [0.05, 0.1) is 6.61 Å². The lowest BCUT2D eigenvalue weighted by Gasteiger charge is -2.27. The van der Waals surface area contributed by atoms with Crippen molar-refractivity contribution in [3.63, 3.8) is 0 Å². The van der Waals surface area contributed by atoms with Gasteiger partial charge in [-0.05, 0) is 24.5 Å². The number of esters is 1. The van der Waals surface area contributed by atoms with Gasteiger partial charge in [-0.2, -0.15) is 0 Å². The highest BCUT2D eigenvalue weighted by atomic mass is 16.5. The molecular formula is C25H32N2O5. The summed E-state index contributed by atoms with van der Waals surface area (Å²) >= 11 is 0. The number of ether oxygens (including phenoxy) is 2. The normalized spacial score (nSPS) is 11.3. The Morgan fingerprint density at radius 3 is 2.12 bits per heavy atom. The molecule has 2 rings (SSSR count). The molecule has 0 saturated carbocycles. The van der Waals surface area contributed by atoms with E-state index < -0.39 is 18.1 Å². The molecule has 0 heterocycles. The Balaban J connectivity index is 2.09. The Bertz CT molecular complexity index is 842. The summed E-state index contributed by atoms with van der Waals surface area (Å²) in [6, 6.07) is 17.9. The monoisotopic (exact) mass is 440 g/mol. The van der Waals surface area contributed by atoms with Gasteiger partial charge >= 0.3 is 12.1 Å². The number of carbonyl (C=O) groups is 3. The molecule has 0 bridgehead atoms. The van der Waals surface area contributed by atoms with Gasteiger partial charge in [0, 0.05) is 6.54 Å². The Hall–Kier alpha value is -3.35. The number of nitrogens with zero attached hydrogens (tertiary/aromatic N) is 1. The van der Waals surface area contributed by atoms with E-state index in [2.05, 4.69) is 5.32 Å². The van der Waals surface area contributed by atoms with Crippen molar-refractivity contribution in [2.45, 2.75) is 52.3 Å². The molecule has 0 fully saturated rings. The maximum absolute atomic E-state index is 13.4. The van der Waals surface area contributed by atoms with Crippen LogP contribution in [0.3, 0.4) is 0 Å². The first-order valence-corrected chi connectivity index (χ1v) is 11.0. The molecule has 7 nitrogen and oxygen atoms in total. The number of benzene rings is 2. The Kier molecular flexibility index (Phi) is 10.8. The lowest BCUT2D eigenvalue weighted by molar-refractivity contribution is -0.150. The van der Waals surface area contributed by atoms with Crippen LogP contribution in [0.5, 0.6) is 0 Å². The van der Waals surface area contributed by atoms with Gasteiger partial charge < -0.3 is 19.7 Å². The fourth-order valence-corrected chi connectivity index (χ4v) is 3.17. The van der Waals surface area contributed by atoms with E-state index in [1.54, 1.807) is 6.92 Å². The van der Waals surface area contributed by atoms with E-state index in [1.807, 2.05) is 67.6 Å². The van der Waals surface area contributed by atoms with E-state index >= 15 is 0 Å². The minimum absolute atomic E-state index is 0.109. The molecule has 172 valence electrons. The minimum Gasteiger partial charge on any atom is -0.465 e.